The highest BCUT2D eigenvalue weighted by atomic mass is 32.2. The normalized spacial score (nSPS) is 12.8. The van der Waals surface area contributed by atoms with Crippen molar-refractivity contribution < 1.29 is 0 Å². The average molecular weight is 213 g/mol. The number of hydrogen-bond donors (Lipinski definition) is 1. The Kier molecular flexibility index (Phi) is 4.87. The molecule has 1 rings (SSSR count). The van der Waals surface area contributed by atoms with Crippen LogP contribution >= 0.6 is 11.8 Å². The van der Waals surface area contributed by atoms with Crippen molar-refractivity contribution in [2.75, 3.05) is 17.3 Å². The third kappa shape index (κ3) is 3.25. The lowest BCUT2D eigenvalue weighted by Crippen LogP contribution is -2.18. The molecule has 0 fully saturated rings. The molecule has 14 heavy (non-hydrogen) atoms. The van der Waals surface area contributed by atoms with Crippen LogP contribution in [-0.2, 0) is 6.54 Å². The lowest BCUT2D eigenvalue weighted by molar-refractivity contribution is 0.715. The Morgan fingerprint density at radius 1 is 1.64 bits per heavy atom. The van der Waals surface area contributed by atoms with Gasteiger partial charge in [0, 0.05) is 25.0 Å². The van der Waals surface area contributed by atoms with Crippen LogP contribution in [0.2, 0.25) is 0 Å². The molecule has 0 aliphatic rings. The number of nitrogens with zero attached hydrogens (tertiary/aromatic N) is 2. The van der Waals surface area contributed by atoms with Crippen molar-refractivity contribution in [3.05, 3.63) is 12.4 Å². The lowest BCUT2D eigenvalue weighted by Gasteiger charge is -2.14. The van der Waals surface area contributed by atoms with Gasteiger partial charge in [-0.2, -0.15) is 11.8 Å². The van der Waals surface area contributed by atoms with Gasteiger partial charge in [0.1, 0.15) is 0 Å². The summed E-state index contributed by atoms with van der Waals surface area (Å²) in [6.07, 6.45) is 7.16. The van der Waals surface area contributed by atoms with Crippen molar-refractivity contribution in [1.82, 2.24) is 9.55 Å². The van der Waals surface area contributed by atoms with E-state index in [1.165, 1.54) is 12.2 Å². The topological polar surface area (TPSA) is 29.9 Å². The van der Waals surface area contributed by atoms with Gasteiger partial charge in [0.2, 0.25) is 5.95 Å². The SMILES string of the molecule is CCn1ccnc1NC(C)CCSC. The number of aromatic nitrogens is 2. The average Bonchev–Trinajstić information content (AvgIpc) is 2.62. The van der Waals surface area contributed by atoms with Crippen LogP contribution in [0.1, 0.15) is 20.3 Å². The third-order valence-electron chi connectivity index (χ3n) is 2.19. The Morgan fingerprint density at radius 3 is 3.07 bits per heavy atom. The molecule has 0 aromatic carbocycles. The summed E-state index contributed by atoms with van der Waals surface area (Å²) in [6, 6.07) is 0.496. The van der Waals surface area contributed by atoms with Gasteiger partial charge in [-0.3, -0.25) is 0 Å². The maximum absolute atomic E-state index is 4.28. The fraction of sp³-hybridized carbons (Fsp3) is 0.700. The second kappa shape index (κ2) is 5.96. The standard InChI is InChI=1S/C10H19N3S/c1-4-13-7-6-11-10(13)12-9(2)5-8-14-3/h6-7,9H,4-5,8H2,1-3H3,(H,11,12). The van der Waals surface area contributed by atoms with Crippen molar-refractivity contribution in [2.45, 2.75) is 32.9 Å². The van der Waals surface area contributed by atoms with Gasteiger partial charge in [-0.1, -0.05) is 0 Å². The number of hydrogen-bond acceptors (Lipinski definition) is 3. The quantitative estimate of drug-likeness (QED) is 0.787. The summed E-state index contributed by atoms with van der Waals surface area (Å²) in [6.45, 7) is 5.29. The van der Waals surface area contributed by atoms with E-state index in [2.05, 4.69) is 35.0 Å². The molecule has 1 heterocycles. The molecule has 1 aromatic heterocycles. The van der Waals surface area contributed by atoms with Gasteiger partial charge >= 0.3 is 0 Å². The molecule has 4 heteroatoms. The molecule has 0 spiro atoms. The number of thioether (sulfide) groups is 1. The summed E-state index contributed by atoms with van der Waals surface area (Å²) in [5.74, 6) is 2.18. The summed E-state index contributed by atoms with van der Waals surface area (Å²) in [7, 11) is 0. The smallest absolute Gasteiger partial charge is 0.202 e. The van der Waals surface area contributed by atoms with Crippen LogP contribution in [-0.4, -0.2) is 27.6 Å². The van der Waals surface area contributed by atoms with Crippen LogP contribution in [0.5, 0.6) is 0 Å². The van der Waals surface area contributed by atoms with Gasteiger partial charge in [-0.05, 0) is 32.3 Å². The molecule has 1 atom stereocenters. The first kappa shape index (κ1) is 11.4. The minimum absolute atomic E-state index is 0.496. The highest BCUT2D eigenvalue weighted by Gasteiger charge is 2.05. The summed E-state index contributed by atoms with van der Waals surface area (Å²) >= 11 is 1.89. The van der Waals surface area contributed by atoms with Crippen molar-refractivity contribution in [1.29, 1.82) is 0 Å². The Balaban J connectivity index is 2.42. The Labute approximate surface area is 90.3 Å². The molecule has 1 N–H and O–H groups in total. The predicted molar refractivity (Wildman–Crippen MR) is 64.0 cm³/mol. The van der Waals surface area contributed by atoms with Crippen molar-refractivity contribution >= 4 is 17.7 Å². The molecule has 0 radical (unpaired) electrons. The zero-order chi connectivity index (χ0) is 10.4. The Morgan fingerprint density at radius 2 is 2.43 bits per heavy atom. The monoisotopic (exact) mass is 213 g/mol. The van der Waals surface area contributed by atoms with Gasteiger partial charge < -0.3 is 9.88 Å². The summed E-state index contributed by atoms with van der Waals surface area (Å²) in [5, 5.41) is 3.41. The van der Waals surface area contributed by atoms with Crippen LogP contribution in [0.15, 0.2) is 12.4 Å². The van der Waals surface area contributed by atoms with Gasteiger partial charge in [0.15, 0.2) is 0 Å². The van der Waals surface area contributed by atoms with Gasteiger partial charge in [0.25, 0.3) is 0 Å². The van der Waals surface area contributed by atoms with Gasteiger partial charge in [-0.15, -0.1) is 0 Å². The lowest BCUT2D eigenvalue weighted by atomic mass is 10.3. The molecule has 1 aromatic rings. The van der Waals surface area contributed by atoms with E-state index < -0.39 is 0 Å². The molecule has 0 aliphatic heterocycles. The molecule has 0 saturated heterocycles. The maximum atomic E-state index is 4.28. The van der Waals surface area contributed by atoms with Crippen LogP contribution in [0.25, 0.3) is 0 Å². The van der Waals surface area contributed by atoms with Crippen molar-refractivity contribution in [3.8, 4) is 0 Å². The Bertz CT molecular complexity index is 260. The van der Waals surface area contributed by atoms with E-state index in [1.807, 2.05) is 24.2 Å². The fourth-order valence-electron chi connectivity index (χ4n) is 1.29. The molecular formula is C10H19N3S. The van der Waals surface area contributed by atoms with E-state index >= 15 is 0 Å². The fourth-order valence-corrected chi connectivity index (χ4v) is 1.88. The largest absolute Gasteiger partial charge is 0.353 e. The van der Waals surface area contributed by atoms with Crippen LogP contribution in [0.3, 0.4) is 0 Å². The minimum atomic E-state index is 0.496. The molecular weight excluding hydrogens is 194 g/mol. The van der Waals surface area contributed by atoms with Gasteiger partial charge in [0.05, 0.1) is 0 Å². The minimum Gasteiger partial charge on any atom is -0.353 e. The van der Waals surface area contributed by atoms with Crippen molar-refractivity contribution in [2.24, 2.45) is 0 Å². The van der Waals surface area contributed by atoms with E-state index in [0.717, 1.165) is 12.5 Å². The first-order chi connectivity index (χ1) is 6.77. The summed E-state index contributed by atoms with van der Waals surface area (Å²) in [5.41, 5.74) is 0. The number of aryl methyl sites for hydroxylation is 1. The van der Waals surface area contributed by atoms with E-state index in [0.29, 0.717) is 6.04 Å². The third-order valence-corrected chi connectivity index (χ3v) is 2.83. The molecule has 0 saturated carbocycles. The van der Waals surface area contributed by atoms with E-state index in [1.54, 1.807) is 0 Å². The summed E-state index contributed by atoms with van der Waals surface area (Å²) in [4.78, 5) is 4.28. The van der Waals surface area contributed by atoms with Crippen LogP contribution in [0.4, 0.5) is 5.95 Å². The zero-order valence-electron chi connectivity index (χ0n) is 9.16. The number of nitrogens with one attached hydrogen (secondary N) is 1. The molecule has 80 valence electrons. The highest BCUT2D eigenvalue weighted by Crippen LogP contribution is 2.08. The van der Waals surface area contributed by atoms with E-state index in [-0.39, 0.29) is 0 Å². The second-order valence-electron chi connectivity index (χ2n) is 3.36. The molecule has 0 aliphatic carbocycles. The first-order valence-electron chi connectivity index (χ1n) is 5.04. The van der Waals surface area contributed by atoms with Crippen molar-refractivity contribution in [3.63, 3.8) is 0 Å². The number of anilines is 1. The molecule has 0 bridgehead atoms. The number of rotatable bonds is 6. The first-order valence-corrected chi connectivity index (χ1v) is 6.44. The zero-order valence-corrected chi connectivity index (χ0v) is 9.97. The second-order valence-corrected chi connectivity index (χ2v) is 4.35. The molecule has 0 amide bonds. The van der Waals surface area contributed by atoms with Gasteiger partial charge in [-0.25, -0.2) is 4.98 Å². The van der Waals surface area contributed by atoms with E-state index in [4.69, 9.17) is 0 Å². The van der Waals surface area contributed by atoms with E-state index in [9.17, 15) is 0 Å². The predicted octanol–water partition coefficient (Wildman–Crippen LogP) is 2.46. The highest BCUT2D eigenvalue weighted by molar-refractivity contribution is 7.98. The molecule has 1 unspecified atom stereocenters. The molecule has 3 nitrogen and oxygen atoms in total. The Hall–Kier alpha value is -0.640. The van der Waals surface area contributed by atoms with Crippen LogP contribution in [0, 0.1) is 0 Å². The summed E-state index contributed by atoms with van der Waals surface area (Å²) < 4.78 is 2.12. The number of imidazole rings is 1. The maximum Gasteiger partial charge on any atom is 0.202 e. The van der Waals surface area contributed by atoms with Crippen LogP contribution < -0.4 is 5.32 Å².